The SMILES string of the molecule is Clc1ccc(Br)c2c1sc1ccccc12. The first kappa shape index (κ1) is 9.64. The summed E-state index contributed by atoms with van der Waals surface area (Å²) < 4.78 is 3.55. The van der Waals surface area contributed by atoms with Gasteiger partial charge in [-0.25, -0.2) is 0 Å². The van der Waals surface area contributed by atoms with Gasteiger partial charge in [-0.05, 0) is 18.2 Å². The maximum absolute atomic E-state index is 6.19. The molecule has 2 aromatic carbocycles. The van der Waals surface area contributed by atoms with E-state index in [1.807, 2.05) is 12.1 Å². The molecule has 74 valence electrons. The van der Waals surface area contributed by atoms with Crippen molar-refractivity contribution in [2.75, 3.05) is 0 Å². The molecule has 0 fully saturated rings. The Morgan fingerprint density at radius 1 is 1.07 bits per heavy atom. The average molecular weight is 298 g/mol. The van der Waals surface area contributed by atoms with E-state index in [1.165, 1.54) is 15.5 Å². The molecule has 3 heteroatoms. The summed E-state index contributed by atoms with van der Waals surface area (Å²) in [6.07, 6.45) is 0. The Bertz CT molecular complexity index is 657. The molecule has 0 N–H and O–H groups in total. The van der Waals surface area contributed by atoms with Crippen LogP contribution >= 0.6 is 38.9 Å². The maximum Gasteiger partial charge on any atom is 0.0585 e. The second-order valence-corrected chi connectivity index (χ2v) is 5.65. The van der Waals surface area contributed by atoms with Crippen LogP contribution < -0.4 is 0 Å². The van der Waals surface area contributed by atoms with Crippen LogP contribution in [0.1, 0.15) is 0 Å². The average Bonchev–Trinajstić information content (AvgIpc) is 2.64. The second-order valence-electron chi connectivity index (χ2n) is 3.33. The van der Waals surface area contributed by atoms with Crippen LogP contribution in [-0.2, 0) is 0 Å². The van der Waals surface area contributed by atoms with Gasteiger partial charge in [0.25, 0.3) is 0 Å². The molecule has 0 unspecified atom stereocenters. The third-order valence-electron chi connectivity index (χ3n) is 2.43. The van der Waals surface area contributed by atoms with E-state index in [9.17, 15) is 0 Å². The third-order valence-corrected chi connectivity index (χ3v) is 4.72. The van der Waals surface area contributed by atoms with E-state index in [1.54, 1.807) is 11.3 Å². The monoisotopic (exact) mass is 296 g/mol. The molecule has 0 bridgehead atoms. The first-order valence-electron chi connectivity index (χ1n) is 4.52. The Balaban J connectivity index is 2.66. The van der Waals surface area contributed by atoms with Crippen LogP contribution in [0.5, 0.6) is 0 Å². The summed E-state index contributed by atoms with van der Waals surface area (Å²) in [6.45, 7) is 0. The van der Waals surface area contributed by atoms with E-state index in [4.69, 9.17) is 11.6 Å². The Hall–Kier alpha value is -0.570. The number of hydrogen-bond donors (Lipinski definition) is 0. The molecule has 15 heavy (non-hydrogen) atoms. The molecule has 0 radical (unpaired) electrons. The normalized spacial score (nSPS) is 11.3. The van der Waals surface area contributed by atoms with Crippen LogP contribution in [0, 0.1) is 0 Å². The van der Waals surface area contributed by atoms with E-state index in [0.29, 0.717) is 0 Å². The fraction of sp³-hybridized carbons (Fsp3) is 0. The smallest absolute Gasteiger partial charge is 0.0585 e. The van der Waals surface area contributed by atoms with Gasteiger partial charge in [0.2, 0.25) is 0 Å². The number of rotatable bonds is 0. The molecule has 0 atom stereocenters. The van der Waals surface area contributed by atoms with Gasteiger partial charge >= 0.3 is 0 Å². The molecule has 0 aliphatic carbocycles. The van der Waals surface area contributed by atoms with Gasteiger partial charge < -0.3 is 0 Å². The zero-order valence-corrected chi connectivity index (χ0v) is 10.8. The number of halogens is 2. The summed E-state index contributed by atoms with van der Waals surface area (Å²) in [5, 5.41) is 3.32. The van der Waals surface area contributed by atoms with Gasteiger partial charge in [-0.15, -0.1) is 11.3 Å². The van der Waals surface area contributed by atoms with E-state index in [2.05, 4.69) is 40.2 Å². The van der Waals surface area contributed by atoms with Crippen molar-refractivity contribution in [3.8, 4) is 0 Å². The van der Waals surface area contributed by atoms with Gasteiger partial charge in [0.1, 0.15) is 0 Å². The summed E-state index contributed by atoms with van der Waals surface area (Å²) in [5.74, 6) is 0. The molecule has 0 saturated heterocycles. The molecule has 0 spiro atoms. The van der Waals surface area contributed by atoms with Gasteiger partial charge in [-0.1, -0.05) is 45.7 Å². The minimum absolute atomic E-state index is 0.828. The molecular weight excluding hydrogens is 292 g/mol. The van der Waals surface area contributed by atoms with Crippen LogP contribution in [0.4, 0.5) is 0 Å². The molecule has 0 saturated carbocycles. The summed E-state index contributed by atoms with van der Waals surface area (Å²) >= 11 is 11.5. The van der Waals surface area contributed by atoms with Gasteiger partial charge in [0.05, 0.1) is 9.72 Å². The van der Waals surface area contributed by atoms with Gasteiger partial charge in [0, 0.05) is 19.9 Å². The lowest BCUT2D eigenvalue weighted by molar-refractivity contribution is 1.79. The lowest BCUT2D eigenvalue weighted by atomic mass is 10.1. The molecule has 0 aliphatic rings. The van der Waals surface area contributed by atoms with Crippen molar-refractivity contribution in [1.82, 2.24) is 0 Å². The summed E-state index contributed by atoms with van der Waals surface area (Å²) in [5.41, 5.74) is 0. The highest BCUT2D eigenvalue weighted by Gasteiger charge is 2.09. The van der Waals surface area contributed by atoms with Gasteiger partial charge in [0.15, 0.2) is 0 Å². The Kier molecular flexibility index (Phi) is 2.23. The van der Waals surface area contributed by atoms with Crippen LogP contribution in [0.2, 0.25) is 5.02 Å². The molecule has 3 aromatic rings. The predicted octanol–water partition coefficient (Wildman–Crippen LogP) is 5.47. The van der Waals surface area contributed by atoms with Crippen molar-refractivity contribution in [1.29, 1.82) is 0 Å². The zero-order chi connectivity index (χ0) is 10.4. The number of thiophene rings is 1. The van der Waals surface area contributed by atoms with Crippen molar-refractivity contribution >= 4 is 59.0 Å². The molecule has 1 aromatic heterocycles. The molecule has 0 aliphatic heterocycles. The predicted molar refractivity (Wildman–Crippen MR) is 72.0 cm³/mol. The van der Waals surface area contributed by atoms with Crippen LogP contribution in [0.25, 0.3) is 20.2 Å². The molecule has 1 heterocycles. The molecule has 0 amide bonds. The highest BCUT2D eigenvalue weighted by atomic mass is 79.9. The zero-order valence-electron chi connectivity index (χ0n) is 7.63. The van der Waals surface area contributed by atoms with Crippen molar-refractivity contribution < 1.29 is 0 Å². The fourth-order valence-corrected chi connectivity index (χ4v) is 3.84. The largest absolute Gasteiger partial charge is 0.134 e. The highest BCUT2D eigenvalue weighted by Crippen LogP contribution is 2.41. The minimum atomic E-state index is 0.828. The van der Waals surface area contributed by atoms with Crippen LogP contribution in [-0.4, -0.2) is 0 Å². The quantitative estimate of drug-likeness (QED) is 0.516. The van der Waals surface area contributed by atoms with Crippen molar-refractivity contribution in [2.45, 2.75) is 0 Å². The molecule has 3 rings (SSSR count). The lowest BCUT2D eigenvalue weighted by Crippen LogP contribution is -1.70. The van der Waals surface area contributed by atoms with Crippen LogP contribution in [0.15, 0.2) is 40.9 Å². The van der Waals surface area contributed by atoms with Gasteiger partial charge in [-0.3, -0.25) is 0 Å². The van der Waals surface area contributed by atoms with Crippen molar-refractivity contribution in [2.24, 2.45) is 0 Å². The number of hydrogen-bond acceptors (Lipinski definition) is 1. The van der Waals surface area contributed by atoms with E-state index < -0.39 is 0 Å². The summed E-state index contributed by atoms with van der Waals surface area (Å²) in [7, 11) is 0. The maximum atomic E-state index is 6.19. The van der Waals surface area contributed by atoms with Crippen molar-refractivity contribution in [3.05, 3.63) is 45.9 Å². The Morgan fingerprint density at radius 2 is 1.87 bits per heavy atom. The fourth-order valence-electron chi connectivity index (χ4n) is 1.76. The van der Waals surface area contributed by atoms with E-state index >= 15 is 0 Å². The van der Waals surface area contributed by atoms with E-state index in [0.717, 1.165) is 14.2 Å². The lowest BCUT2D eigenvalue weighted by Gasteiger charge is -1.96. The second kappa shape index (κ2) is 3.48. The molecular formula is C12H6BrClS. The Morgan fingerprint density at radius 3 is 2.73 bits per heavy atom. The molecule has 0 nitrogen and oxygen atoms in total. The van der Waals surface area contributed by atoms with Crippen LogP contribution in [0.3, 0.4) is 0 Å². The number of fused-ring (bicyclic) bond motifs is 3. The topological polar surface area (TPSA) is 0 Å². The van der Waals surface area contributed by atoms with E-state index in [-0.39, 0.29) is 0 Å². The number of benzene rings is 2. The van der Waals surface area contributed by atoms with Gasteiger partial charge in [-0.2, -0.15) is 0 Å². The summed E-state index contributed by atoms with van der Waals surface area (Å²) in [4.78, 5) is 0. The first-order valence-corrected chi connectivity index (χ1v) is 6.51. The minimum Gasteiger partial charge on any atom is -0.134 e. The standard InChI is InChI=1S/C12H6BrClS/c13-8-5-6-9(14)12-11(8)7-3-1-2-4-10(7)15-12/h1-6H. The first-order chi connectivity index (χ1) is 7.27. The highest BCUT2D eigenvalue weighted by molar-refractivity contribution is 9.10. The van der Waals surface area contributed by atoms with Crippen molar-refractivity contribution in [3.63, 3.8) is 0 Å². The third kappa shape index (κ3) is 1.40. The Labute approximate surface area is 105 Å². The summed E-state index contributed by atoms with van der Waals surface area (Å²) in [6, 6.07) is 12.3.